The van der Waals surface area contributed by atoms with Gasteiger partial charge in [0.25, 0.3) is 0 Å². The van der Waals surface area contributed by atoms with E-state index >= 15 is 0 Å². The number of hydrogen-bond acceptors (Lipinski definition) is 3. The molecular formula is C12H20BNaO3. The van der Waals surface area contributed by atoms with Crippen molar-refractivity contribution in [1.82, 2.24) is 0 Å². The molecule has 3 nitrogen and oxygen atoms in total. The zero-order valence-electron chi connectivity index (χ0n) is 11.0. The van der Waals surface area contributed by atoms with Gasteiger partial charge in [-0.25, -0.2) is 0 Å². The van der Waals surface area contributed by atoms with Crippen LogP contribution in [0.2, 0.25) is 6.32 Å². The van der Waals surface area contributed by atoms with Gasteiger partial charge < -0.3 is 11.0 Å². The van der Waals surface area contributed by atoms with Crippen LogP contribution in [0.3, 0.4) is 0 Å². The molecule has 0 bridgehead atoms. The zero-order chi connectivity index (χ0) is 10.2. The molecule has 0 radical (unpaired) electrons. The van der Waals surface area contributed by atoms with E-state index in [2.05, 4.69) is 26.3 Å². The van der Waals surface area contributed by atoms with Crippen LogP contribution in [0.4, 0.5) is 0 Å². The van der Waals surface area contributed by atoms with Gasteiger partial charge in [-0.15, -0.1) is 0 Å². The van der Waals surface area contributed by atoms with Crippen molar-refractivity contribution in [2.75, 3.05) is 7.11 Å². The van der Waals surface area contributed by atoms with E-state index in [1.807, 2.05) is 12.1 Å². The Bertz CT molecular complexity index is 254. The average molecular weight is 246 g/mol. The van der Waals surface area contributed by atoms with Gasteiger partial charge in [0.15, 0.2) is 0 Å². The smallest absolute Gasteiger partial charge is 0.870 e. The van der Waals surface area contributed by atoms with Gasteiger partial charge in [-0.05, 0) is 0 Å². The van der Waals surface area contributed by atoms with Crippen molar-refractivity contribution >= 4 is 7.28 Å². The summed E-state index contributed by atoms with van der Waals surface area (Å²) in [5.74, 6) is 0.933. The standard InChI is InChI=1S/C12H18BO.Na.2H2O/c1-3-4-9-13-10-11-5-7-12(14-2)8-6-11;;;/h5-8H,3-4,9-10H2,1-2H3;;2*1H2/q2*+1;;/p-2. The second-order valence-electron chi connectivity index (χ2n) is 3.48. The maximum absolute atomic E-state index is 5.10. The number of benzene rings is 1. The molecule has 17 heavy (non-hydrogen) atoms. The zero-order valence-corrected chi connectivity index (χ0v) is 13.0. The normalized spacial score (nSPS) is 7.88. The third-order valence-corrected chi connectivity index (χ3v) is 2.30. The summed E-state index contributed by atoms with van der Waals surface area (Å²) in [7, 11) is 4.05. The van der Waals surface area contributed by atoms with Gasteiger partial charge in [-0.3, -0.25) is 0 Å². The van der Waals surface area contributed by atoms with E-state index in [1.165, 1.54) is 24.7 Å². The first-order valence-electron chi connectivity index (χ1n) is 5.31. The number of methoxy groups -OCH3 is 1. The molecule has 0 aromatic heterocycles. The van der Waals surface area contributed by atoms with Crippen LogP contribution in [0.5, 0.6) is 5.75 Å². The molecule has 0 unspecified atom stereocenters. The first-order chi connectivity index (χ1) is 6.86. The first kappa shape index (κ1) is 22.2. The predicted octanol–water partition coefficient (Wildman–Crippen LogP) is -0.232. The van der Waals surface area contributed by atoms with E-state index in [9.17, 15) is 0 Å². The van der Waals surface area contributed by atoms with Crippen LogP contribution in [0.1, 0.15) is 25.3 Å². The fourth-order valence-corrected chi connectivity index (χ4v) is 1.38. The fourth-order valence-electron chi connectivity index (χ4n) is 1.38. The van der Waals surface area contributed by atoms with E-state index in [4.69, 9.17) is 4.74 Å². The third-order valence-electron chi connectivity index (χ3n) is 2.30. The molecular weight excluding hydrogens is 226 g/mol. The largest absolute Gasteiger partial charge is 1.00 e. The van der Waals surface area contributed by atoms with Crippen molar-refractivity contribution in [3.8, 4) is 5.75 Å². The van der Waals surface area contributed by atoms with Crippen LogP contribution >= 0.6 is 0 Å². The summed E-state index contributed by atoms with van der Waals surface area (Å²) >= 11 is 0. The molecule has 0 saturated heterocycles. The summed E-state index contributed by atoms with van der Waals surface area (Å²) in [4.78, 5) is 0. The average Bonchev–Trinajstić information content (AvgIpc) is 2.25. The van der Waals surface area contributed by atoms with E-state index < -0.39 is 0 Å². The van der Waals surface area contributed by atoms with Crippen LogP contribution in [-0.4, -0.2) is 25.3 Å². The summed E-state index contributed by atoms with van der Waals surface area (Å²) < 4.78 is 5.10. The SMILES string of the molecule is CCCC[B+]Cc1ccc(OC)cc1.[Na+].[OH-].[OH-]. The van der Waals surface area contributed by atoms with Gasteiger partial charge in [0.2, 0.25) is 0 Å². The minimum atomic E-state index is 0. The van der Waals surface area contributed by atoms with Gasteiger partial charge in [-0.1, -0.05) is 0 Å². The Morgan fingerprint density at radius 3 is 2.18 bits per heavy atom. The van der Waals surface area contributed by atoms with Crippen LogP contribution in [-0.2, 0) is 6.32 Å². The molecule has 90 valence electrons. The Kier molecular flexibility index (Phi) is 18.4. The van der Waals surface area contributed by atoms with Crippen molar-refractivity contribution in [2.24, 2.45) is 0 Å². The molecule has 0 spiro atoms. The summed E-state index contributed by atoms with van der Waals surface area (Å²) in [6.45, 7) is 2.22. The van der Waals surface area contributed by atoms with Crippen molar-refractivity contribution < 1.29 is 45.2 Å². The fraction of sp³-hybridized carbons (Fsp3) is 0.500. The topological polar surface area (TPSA) is 69.2 Å². The van der Waals surface area contributed by atoms with Crippen LogP contribution in [0.15, 0.2) is 24.3 Å². The molecule has 1 aromatic carbocycles. The minimum Gasteiger partial charge on any atom is -0.870 e. The summed E-state index contributed by atoms with van der Waals surface area (Å²) in [5, 5.41) is 0. The van der Waals surface area contributed by atoms with Gasteiger partial charge in [0.1, 0.15) is 0 Å². The van der Waals surface area contributed by atoms with Crippen LogP contribution < -0.4 is 34.3 Å². The van der Waals surface area contributed by atoms with Gasteiger partial charge in [-0.2, -0.15) is 0 Å². The quantitative estimate of drug-likeness (QED) is 0.514. The Labute approximate surface area is 127 Å². The molecule has 0 amide bonds. The van der Waals surface area contributed by atoms with Crippen LogP contribution in [0.25, 0.3) is 0 Å². The first-order valence-corrected chi connectivity index (χ1v) is 5.31. The Hall–Kier alpha value is 0.00494. The Morgan fingerprint density at radius 1 is 1.12 bits per heavy atom. The predicted molar refractivity (Wildman–Crippen MR) is 66.0 cm³/mol. The molecule has 0 atom stereocenters. The van der Waals surface area contributed by atoms with E-state index in [0.717, 1.165) is 12.1 Å². The van der Waals surface area contributed by atoms with Crippen molar-refractivity contribution in [2.45, 2.75) is 32.4 Å². The van der Waals surface area contributed by atoms with Crippen molar-refractivity contribution in [3.63, 3.8) is 0 Å². The third kappa shape index (κ3) is 9.68. The molecule has 0 aliphatic rings. The minimum absolute atomic E-state index is 0. The van der Waals surface area contributed by atoms with E-state index in [-0.39, 0.29) is 40.5 Å². The number of unbranched alkanes of at least 4 members (excludes halogenated alkanes) is 1. The van der Waals surface area contributed by atoms with Gasteiger partial charge >= 0.3 is 117 Å². The van der Waals surface area contributed by atoms with Crippen molar-refractivity contribution in [3.05, 3.63) is 29.8 Å². The summed E-state index contributed by atoms with van der Waals surface area (Å²) in [5.41, 5.74) is 1.36. The molecule has 1 rings (SSSR count). The van der Waals surface area contributed by atoms with E-state index in [0.29, 0.717) is 0 Å². The van der Waals surface area contributed by atoms with Crippen LogP contribution in [0, 0.1) is 0 Å². The van der Waals surface area contributed by atoms with Crippen molar-refractivity contribution in [1.29, 1.82) is 0 Å². The van der Waals surface area contributed by atoms with Gasteiger partial charge in [0, 0.05) is 0 Å². The van der Waals surface area contributed by atoms with E-state index in [1.54, 1.807) is 7.11 Å². The summed E-state index contributed by atoms with van der Waals surface area (Å²) in [6.07, 6.45) is 4.88. The molecule has 2 N–H and O–H groups in total. The maximum Gasteiger partial charge on any atom is 1.00 e. The van der Waals surface area contributed by atoms with Gasteiger partial charge in [0.05, 0.1) is 0 Å². The Balaban J connectivity index is -0.000000653. The molecule has 1 aromatic rings. The molecule has 0 aliphatic carbocycles. The number of rotatable bonds is 6. The molecule has 5 heteroatoms. The second kappa shape index (κ2) is 14.1. The monoisotopic (exact) mass is 246 g/mol. The number of ether oxygens (including phenoxy) is 1. The molecule has 0 fully saturated rings. The maximum atomic E-state index is 5.10. The Morgan fingerprint density at radius 2 is 1.71 bits per heavy atom. The number of hydrogen-bond donors (Lipinski definition) is 0. The summed E-state index contributed by atoms with van der Waals surface area (Å²) in [6, 6.07) is 8.29. The molecule has 0 saturated carbocycles. The molecule has 0 heterocycles. The second-order valence-corrected chi connectivity index (χ2v) is 3.48. The molecule has 0 aliphatic heterocycles.